The summed E-state index contributed by atoms with van der Waals surface area (Å²) in [5, 5.41) is 0.497. The van der Waals surface area contributed by atoms with Gasteiger partial charge in [0.25, 0.3) is 0 Å². The summed E-state index contributed by atoms with van der Waals surface area (Å²) in [6.07, 6.45) is 0. The third kappa shape index (κ3) is 1.59. The van der Waals surface area contributed by atoms with Gasteiger partial charge in [-0.2, -0.15) is 0 Å². The fraction of sp³-hybridized carbons (Fsp3) is 0.364. The zero-order chi connectivity index (χ0) is 11.2. The second-order valence-corrected chi connectivity index (χ2v) is 4.98. The van der Waals surface area contributed by atoms with Crippen LogP contribution in [0.1, 0.15) is 30.9 Å². The molecule has 0 aliphatic carbocycles. The summed E-state index contributed by atoms with van der Waals surface area (Å²) in [6.45, 7) is 5.91. The monoisotopic (exact) mass is 224 g/mol. The van der Waals surface area contributed by atoms with Crippen molar-refractivity contribution in [2.24, 2.45) is 0 Å². The number of thiazole rings is 1. The summed E-state index contributed by atoms with van der Waals surface area (Å²) in [6, 6.07) is 1.46. The Labute approximate surface area is 91.9 Å². The second kappa shape index (κ2) is 3.45. The number of fused-ring (bicyclic) bond motifs is 1. The highest BCUT2D eigenvalue weighted by Crippen LogP contribution is 2.35. The van der Waals surface area contributed by atoms with Crippen LogP contribution >= 0.6 is 11.3 Å². The molecule has 0 aliphatic rings. The molecule has 15 heavy (non-hydrogen) atoms. The predicted octanol–water partition coefficient (Wildman–Crippen LogP) is 3.45. The Bertz CT molecular complexity index is 517. The number of benzene rings is 1. The van der Waals surface area contributed by atoms with Gasteiger partial charge in [-0.3, -0.25) is 0 Å². The van der Waals surface area contributed by atoms with E-state index >= 15 is 0 Å². The third-order valence-electron chi connectivity index (χ3n) is 2.52. The number of anilines is 1. The van der Waals surface area contributed by atoms with Crippen LogP contribution in [-0.2, 0) is 0 Å². The Kier molecular flexibility index (Phi) is 2.38. The minimum absolute atomic E-state index is 0.198. The summed E-state index contributed by atoms with van der Waals surface area (Å²) >= 11 is 1.43. The van der Waals surface area contributed by atoms with Crippen molar-refractivity contribution in [1.82, 2.24) is 4.98 Å². The number of aromatic nitrogens is 1. The maximum atomic E-state index is 13.6. The Hall–Kier alpha value is -1.16. The molecule has 0 bridgehead atoms. The molecule has 0 unspecified atom stereocenters. The lowest BCUT2D eigenvalue weighted by Crippen LogP contribution is -1.95. The van der Waals surface area contributed by atoms with Crippen molar-refractivity contribution in [3.8, 4) is 0 Å². The van der Waals surface area contributed by atoms with Crippen molar-refractivity contribution < 1.29 is 4.39 Å². The van der Waals surface area contributed by atoms with Gasteiger partial charge in [-0.15, -0.1) is 0 Å². The minimum Gasteiger partial charge on any atom is -0.375 e. The van der Waals surface area contributed by atoms with E-state index in [1.165, 1.54) is 17.4 Å². The van der Waals surface area contributed by atoms with E-state index in [1.807, 2.05) is 0 Å². The number of nitrogens with two attached hydrogens (primary N) is 1. The summed E-state index contributed by atoms with van der Waals surface area (Å²) in [5.74, 6) is 0.0829. The van der Waals surface area contributed by atoms with Gasteiger partial charge >= 0.3 is 0 Å². The fourth-order valence-corrected chi connectivity index (χ4v) is 2.92. The van der Waals surface area contributed by atoms with Gasteiger partial charge in [-0.1, -0.05) is 25.2 Å². The van der Waals surface area contributed by atoms with Crippen molar-refractivity contribution in [1.29, 1.82) is 0 Å². The zero-order valence-electron chi connectivity index (χ0n) is 8.97. The molecule has 0 saturated carbocycles. The molecule has 1 aromatic carbocycles. The molecule has 4 heteroatoms. The van der Waals surface area contributed by atoms with Crippen molar-refractivity contribution in [3.63, 3.8) is 0 Å². The third-order valence-corrected chi connectivity index (χ3v) is 3.45. The molecule has 2 aromatic rings. The van der Waals surface area contributed by atoms with Crippen LogP contribution in [-0.4, -0.2) is 4.98 Å². The first-order valence-electron chi connectivity index (χ1n) is 4.85. The molecule has 2 N–H and O–H groups in total. The Morgan fingerprint density at radius 2 is 2.13 bits per heavy atom. The standard InChI is InChI=1S/C11H13FN2S/c1-5(2)9-6(3)7(12)4-8-10(9)15-11(13)14-8/h4-5H,1-3H3,(H2,13,14). The van der Waals surface area contributed by atoms with Gasteiger partial charge in [-0.05, 0) is 24.0 Å². The molecule has 0 saturated heterocycles. The van der Waals surface area contributed by atoms with Gasteiger partial charge < -0.3 is 5.73 Å². The first-order chi connectivity index (χ1) is 7.00. The molecule has 0 aliphatic heterocycles. The molecule has 0 atom stereocenters. The predicted molar refractivity (Wildman–Crippen MR) is 62.8 cm³/mol. The summed E-state index contributed by atoms with van der Waals surface area (Å²) < 4.78 is 14.6. The highest BCUT2D eigenvalue weighted by molar-refractivity contribution is 7.22. The Morgan fingerprint density at radius 3 is 2.73 bits per heavy atom. The zero-order valence-corrected chi connectivity index (χ0v) is 9.78. The molecular formula is C11H13FN2S. The largest absolute Gasteiger partial charge is 0.375 e. The van der Waals surface area contributed by atoms with Crippen molar-refractivity contribution in [2.45, 2.75) is 26.7 Å². The topological polar surface area (TPSA) is 38.9 Å². The van der Waals surface area contributed by atoms with Crippen LogP contribution in [0.3, 0.4) is 0 Å². The van der Waals surface area contributed by atoms with E-state index in [0.717, 1.165) is 10.3 Å². The Morgan fingerprint density at radius 1 is 1.47 bits per heavy atom. The van der Waals surface area contributed by atoms with Crippen LogP contribution < -0.4 is 5.73 Å². The number of halogens is 1. The molecule has 2 nitrogen and oxygen atoms in total. The van der Waals surface area contributed by atoms with Crippen LogP contribution in [0.25, 0.3) is 10.2 Å². The van der Waals surface area contributed by atoms with E-state index in [0.29, 0.717) is 16.2 Å². The molecule has 2 rings (SSSR count). The Balaban J connectivity index is 2.88. The molecule has 1 aromatic heterocycles. The first-order valence-corrected chi connectivity index (χ1v) is 5.67. The van der Waals surface area contributed by atoms with Gasteiger partial charge in [-0.25, -0.2) is 9.37 Å². The second-order valence-electron chi connectivity index (χ2n) is 3.95. The van der Waals surface area contributed by atoms with Crippen molar-refractivity contribution in [2.75, 3.05) is 5.73 Å². The normalized spacial score (nSPS) is 11.5. The van der Waals surface area contributed by atoms with Crippen LogP contribution in [0.5, 0.6) is 0 Å². The van der Waals surface area contributed by atoms with E-state index < -0.39 is 0 Å². The summed E-state index contributed by atoms with van der Waals surface area (Å²) in [4.78, 5) is 4.11. The van der Waals surface area contributed by atoms with Crippen LogP contribution in [0.15, 0.2) is 6.07 Å². The van der Waals surface area contributed by atoms with Crippen molar-refractivity contribution in [3.05, 3.63) is 23.0 Å². The maximum Gasteiger partial charge on any atom is 0.181 e. The minimum atomic E-state index is -0.198. The highest BCUT2D eigenvalue weighted by Gasteiger charge is 2.15. The van der Waals surface area contributed by atoms with Gasteiger partial charge in [0.2, 0.25) is 0 Å². The van der Waals surface area contributed by atoms with Crippen LogP contribution in [0.4, 0.5) is 9.52 Å². The van der Waals surface area contributed by atoms with E-state index in [2.05, 4.69) is 18.8 Å². The summed E-state index contributed by atoms with van der Waals surface area (Å²) in [7, 11) is 0. The SMILES string of the molecule is Cc1c(F)cc2nc(N)sc2c1C(C)C. The quantitative estimate of drug-likeness (QED) is 0.805. The number of hydrogen-bond acceptors (Lipinski definition) is 3. The maximum absolute atomic E-state index is 13.6. The molecule has 1 heterocycles. The molecule has 80 valence electrons. The fourth-order valence-electron chi connectivity index (χ4n) is 1.86. The van der Waals surface area contributed by atoms with Gasteiger partial charge in [0.1, 0.15) is 5.82 Å². The van der Waals surface area contributed by atoms with E-state index in [1.54, 1.807) is 6.92 Å². The average molecular weight is 224 g/mol. The van der Waals surface area contributed by atoms with Crippen molar-refractivity contribution >= 4 is 26.7 Å². The van der Waals surface area contributed by atoms with Crippen LogP contribution in [0, 0.1) is 12.7 Å². The van der Waals surface area contributed by atoms with Gasteiger partial charge in [0.15, 0.2) is 5.13 Å². The summed E-state index contributed by atoms with van der Waals surface area (Å²) in [5.41, 5.74) is 8.05. The van der Waals surface area contributed by atoms with E-state index in [9.17, 15) is 4.39 Å². The number of hydrogen-bond donors (Lipinski definition) is 1. The number of nitrogens with zero attached hydrogens (tertiary/aromatic N) is 1. The first kappa shape index (κ1) is 10.4. The lowest BCUT2D eigenvalue weighted by Gasteiger charge is -2.11. The van der Waals surface area contributed by atoms with Gasteiger partial charge in [0, 0.05) is 6.07 Å². The van der Waals surface area contributed by atoms with Crippen LogP contribution in [0.2, 0.25) is 0 Å². The van der Waals surface area contributed by atoms with E-state index in [-0.39, 0.29) is 11.7 Å². The number of nitrogen functional groups attached to an aromatic ring is 1. The highest BCUT2D eigenvalue weighted by atomic mass is 32.1. The molecule has 0 fully saturated rings. The molecule has 0 spiro atoms. The lowest BCUT2D eigenvalue weighted by atomic mass is 9.97. The van der Waals surface area contributed by atoms with E-state index in [4.69, 9.17) is 5.73 Å². The van der Waals surface area contributed by atoms with Gasteiger partial charge in [0.05, 0.1) is 10.2 Å². The lowest BCUT2D eigenvalue weighted by molar-refractivity contribution is 0.615. The molecule has 0 amide bonds. The average Bonchev–Trinajstić information content (AvgIpc) is 2.46. The molecular weight excluding hydrogens is 211 g/mol. The number of rotatable bonds is 1. The smallest absolute Gasteiger partial charge is 0.181 e. The molecule has 0 radical (unpaired) electrons.